The predicted octanol–water partition coefficient (Wildman–Crippen LogP) is 1.90. The highest BCUT2D eigenvalue weighted by Gasteiger charge is 2.23. The zero-order valence-electron chi connectivity index (χ0n) is 19.2. The Kier molecular flexibility index (Phi) is 8.25. The van der Waals surface area contributed by atoms with Crippen LogP contribution in [0.2, 0.25) is 0 Å². The van der Waals surface area contributed by atoms with Gasteiger partial charge in [0.05, 0.1) is 18.2 Å². The van der Waals surface area contributed by atoms with Crippen LogP contribution in [-0.2, 0) is 26.0 Å². The van der Waals surface area contributed by atoms with Gasteiger partial charge in [-0.15, -0.1) is 0 Å². The summed E-state index contributed by atoms with van der Waals surface area (Å²) in [6.07, 6.45) is 0.449. The van der Waals surface area contributed by atoms with Crippen LogP contribution in [0.3, 0.4) is 0 Å². The van der Waals surface area contributed by atoms with Crippen LogP contribution in [0.15, 0.2) is 76.7 Å². The lowest BCUT2D eigenvalue weighted by Gasteiger charge is -2.20. The van der Waals surface area contributed by atoms with E-state index in [1.54, 1.807) is 54.6 Å². The van der Waals surface area contributed by atoms with Crippen LogP contribution < -0.4 is 21.6 Å². The van der Waals surface area contributed by atoms with Crippen LogP contribution in [0.5, 0.6) is 5.75 Å². The fourth-order valence-electron chi connectivity index (χ4n) is 3.50. The predicted molar refractivity (Wildman–Crippen MR) is 135 cm³/mol. The summed E-state index contributed by atoms with van der Waals surface area (Å²) < 4.78 is 28.4. The number of nitrogens with zero attached hydrogens (tertiary/aromatic N) is 1. The maximum atomic E-state index is 12.8. The van der Waals surface area contributed by atoms with E-state index in [2.05, 4.69) is 20.5 Å². The van der Waals surface area contributed by atoms with Crippen molar-refractivity contribution in [2.45, 2.75) is 17.4 Å². The van der Waals surface area contributed by atoms with Gasteiger partial charge in [0, 0.05) is 17.7 Å². The number of nitrogens with two attached hydrogens (primary N) is 2. The highest BCUT2D eigenvalue weighted by atomic mass is 32.2. The second-order valence-corrected chi connectivity index (χ2v) is 9.20. The Bertz CT molecular complexity index is 1390. The molecule has 0 aromatic heterocycles. The smallest absolute Gasteiger partial charge is 0.413 e. The molecule has 0 bridgehead atoms. The number of amides is 2. The minimum absolute atomic E-state index is 0.00306. The van der Waals surface area contributed by atoms with Crippen molar-refractivity contribution in [1.82, 2.24) is 5.32 Å². The molecule has 0 radical (unpaired) electrons. The molecule has 3 aromatic carbocycles. The third kappa shape index (κ3) is 6.58. The number of alkyl carbamates (subject to hydrolysis) is 1. The summed E-state index contributed by atoms with van der Waals surface area (Å²) in [6.45, 7) is 0. The van der Waals surface area contributed by atoms with Crippen LogP contribution in [0.1, 0.15) is 11.1 Å². The Morgan fingerprint density at radius 2 is 1.81 bits per heavy atom. The van der Waals surface area contributed by atoms with Gasteiger partial charge >= 0.3 is 6.09 Å². The molecule has 0 fully saturated rings. The molecule has 0 spiro atoms. The molecule has 0 saturated carbocycles. The van der Waals surface area contributed by atoms with Crippen molar-refractivity contribution in [2.24, 2.45) is 16.1 Å². The number of carbonyl (C=O) groups excluding carboxylic acids is 2. The van der Waals surface area contributed by atoms with Gasteiger partial charge in [-0.2, -0.15) is 5.10 Å². The van der Waals surface area contributed by atoms with Crippen LogP contribution in [0, 0.1) is 0 Å². The summed E-state index contributed by atoms with van der Waals surface area (Å²) in [5.74, 6) is 4.45. The molecule has 0 aliphatic heterocycles. The number of phenolic OH excluding ortho intramolecular Hbond substituents is 1. The van der Waals surface area contributed by atoms with Gasteiger partial charge < -0.3 is 21.0 Å². The number of ether oxygens (including phenoxy) is 1. The summed E-state index contributed by atoms with van der Waals surface area (Å²) in [4.78, 5) is 24.4. The molecule has 3 aromatic rings. The lowest BCUT2D eigenvalue weighted by atomic mass is 10.0. The van der Waals surface area contributed by atoms with Crippen molar-refractivity contribution >= 4 is 33.9 Å². The van der Waals surface area contributed by atoms with Crippen molar-refractivity contribution < 1.29 is 27.9 Å². The first-order valence-corrected chi connectivity index (χ1v) is 12.1. The van der Waals surface area contributed by atoms with E-state index < -0.39 is 28.1 Å². The second-order valence-electron chi connectivity index (χ2n) is 7.67. The van der Waals surface area contributed by atoms with Crippen molar-refractivity contribution in [2.75, 3.05) is 12.4 Å². The van der Waals surface area contributed by atoms with E-state index in [9.17, 15) is 23.1 Å². The fourth-order valence-corrected chi connectivity index (χ4v) is 4.26. The number of hydrogen-bond acceptors (Lipinski definition) is 9. The summed E-state index contributed by atoms with van der Waals surface area (Å²) in [5, 5.41) is 24.2. The summed E-state index contributed by atoms with van der Waals surface area (Å²) in [7, 11) is -2.81. The highest BCUT2D eigenvalue weighted by Crippen LogP contribution is 2.28. The number of imide groups is 1. The van der Waals surface area contributed by atoms with E-state index >= 15 is 0 Å². The topological polar surface area (TPSA) is 186 Å². The molecule has 0 aliphatic carbocycles. The molecule has 0 aliphatic rings. The van der Waals surface area contributed by atoms with E-state index in [1.165, 1.54) is 18.3 Å². The number of sulfonamides is 1. The number of phenols is 1. The Hall–Kier alpha value is -4.42. The Labute approximate surface area is 207 Å². The van der Waals surface area contributed by atoms with Crippen LogP contribution in [0.4, 0.5) is 10.5 Å². The van der Waals surface area contributed by atoms with Crippen LogP contribution in [-0.4, -0.2) is 44.9 Å². The van der Waals surface area contributed by atoms with Gasteiger partial charge in [0.1, 0.15) is 11.8 Å². The van der Waals surface area contributed by atoms with E-state index in [1.807, 2.05) is 0 Å². The monoisotopic (exact) mass is 511 g/mol. The number of rotatable bonds is 8. The molecular formula is C24H25N5O6S. The Morgan fingerprint density at radius 1 is 1.11 bits per heavy atom. The molecule has 12 heteroatoms. The number of methoxy groups -OCH3 is 1. The van der Waals surface area contributed by atoms with Gasteiger partial charge in [-0.3, -0.25) is 10.1 Å². The Morgan fingerprint density at radius 3 is 2.44 bits per heavy atom. The average Bonchev–Trinajstić information content (AvgIpc) is 2.85. The molecule has 11 nitrogen and oxygen atoms in total. The molecule has 0 unspecified atom stereocenters. The van der Waals surface area contributed by atoms with Crippen molar-refractivity contribution in [3.05, 3.63) is 77.9 Å². The number of hydrazone groups is 1. The molecule has 2 amide bonds. The normalized spacial score (nSPS) is 12.2. The number of primary sulfonamides is 1. The molecule has 1 atom stereocenters. The third-order valence-corrected chi connectivity index (χ3v) is 6.18. The van der Waals surface area contributed by atoms with Gasteiger partial charge in [-0.25, -0.2) is 18.4 Å². The average molecular weight is 512 g/mol. The van der Waals surface area contributed by atoms with E-state index in [-0.39, 0.29) is 17.1 Å². The standard InChI is InChI=1S/C24H25N5O6S/c1-35-24(32)29-23(31)20(13-17-12-15(14-27-25)6-11-21(17)30)28-18-9-7-16(8-10-18)19-4-2-3-5-22(19)36(26,33)34/h2-12,14,20,28,30H,13,25H2,1H3,(H2,26,33,34)(H,29,31,32)/t20-/m0/s1. The number of carbonyl (C=O) groups is 2. The zero-order valence-corrected chi connectivity index (χ0v) is 20.0. The van der Waals surface area contributed by atoms with Gasteiger partial charge in [0.25, 0.3) is 5.91 Å². The number of benzene rings is 3. The minimum Gasteiger partial charge on any atom is -0.508 e. The first-order valence-electron chi connectivity index (χ1n) is 10.5. The van der Waals surface area contributed by atoms with E-state index in [0.717, 1.165) is 7.11 Å². The number of nitrogens with one attached hydrogen (secondary N) is 2. The summed E-state index contributed by atoms with van der Waals surface area (Å²) >= 11 is 0. The van der Waals surface area contributed by atoms with Gasteiger partial charge in [-0.1, -0.05) is 30.3 Å². The lowest BCUT2D eigenvalue weighted by Crippen LogP contribution is -2.43. The van der Waals surface area contributed by atoms with Gasteiger partial charge in [0.15, 0.2) is 0 Å². The quantitative estimate of drug-likeness (QED) is 0.172. The maximum Gasteiger partial charge on any atom is 0.413 e. The summed E-state index contributed by atoms with van der Waals surface area (Å²) in [6, 6.07) is 16.6. The SMILES string of the molecule is COC(=O)NC(=O)[C@H](Cc1cc(C=NN)ccc1O)Nc1ccc(-c2ccccc2S(N)(=O)=O)cc1. The second kappa shape index (κ2) is 11.3. The molecule has 188 valence electrons. The molecule has 3 rings (SSSR count). The number of aromatic hydroxyl groups is 1. The molecule has 36 heavy (non-hydrogen) atoms. The largest absolute Gasteiger partial charge is 0.508 e. The minimum atomic E-state index is -3.94. The van der Waals surface area contributed by atoms with Crippen LogP contribution in [0.25, 0.3) is 11.1 Å². The highest BCUT2D eigenvalue weighted by molar-refractivity contribution is 7.89. The third-order valence-electron chi connectivity index (χ3n) is 5.21. The zero-order chi connectivity index (χ0) is 26.3. The van der Waals surface area contributed by atoms with Crippen molar-refractivity contribution in [1.29, 1.82) is 0 Å². The molecular weight excluding hydrogens is 486 g/mol. The Balaban J connectivity index is 1.90. The van der Waals surface area contributed by atoms with Crippen molar-refractivity contribution in [3.8, 4) is 16.9 Å². The molecule has 0 saturated heterocycles. The van der Waals surface area contributed by atoms with E-state index in [0.29, 0.717) is 27.9 Å². The summed E-state index contributed by atoms with van der Waals surface area (Å²) in [5.41, 5.74) is 2.52. The first kappa shape index (κ1) is 26.2. The van der Waals surface area contributed by atoms with Gasteiger partial charge in [0.2, 0.25) is 10.0 Å². The van der Waals surface area contributed by atoms with Crippen molar-refractivity contribution in [3.63, 3.8) is 0 Å². The number of hydrogen-bond donors (Lipinski definition) is 5. The molecule has 0 heterocycles. The first-order chi connectivity index (χ1) is 17.1. The number of anilines is 1. The molecule has 7 N–H and O–H groups in total. The lowest BCUT2D eigenvalue weighted by molar-refractivity contribution is -0.121. The van der Waals surface area contributed by atoms with Crippen LogP contribution >= 0.6 is 0 Å². The fraction of sp³-hybridized carbons (Fsp3) is 0.125. The maximum absolute atomic E-state index is 12.8. The van der Waals surface area contributed by atoms with Gasteiger partial charge in [-0.05, 0) is 53.1 Å². The van der Waals surface area contributed by atoms with E-state index in [4.69, 9.17) is 11.0 Å².